The number of imidazole rings is 1. The van der Waals surface area contributed by atoms with Crippen molar-refractivity contribution >= 4 is 40.9 Å². The van der Waals surface area contributed by atoms with Gasteiger partial charge in [-0.3, -0.25) is 0 Å². The lowest BCUT2D eigenvalue weighted by Gasteiger charge is -2.00. The standard InChI is InChI=1S/C8H10Cl2N2O2S/c1-2-15-4-3-14-8(13)7-11-5(9)6(10)12-7/h2-4H2,1H3,(H,11,12). The van der Waals surface area contributed by atoms with E-state index in [9.17, 15) is 4.79 Å². The zero-order valence-electron chi connectivity index (χ0n) is 8.05. The van der Waals surface area contributed by atoms with Crippen LogP contribution in [-0.2, 0) is 4.74 Å². The highest BCUT2D eigenvalue weighted by Crippen LogP contribution is 2.18. The third-order valence-corrected chi connectivity index (χ3v) is 2.98. The molecule has 1 heterocycles. The van der Waals surface area contributed by atoms with Gasteiger partial charge in [0.1, 0.15) is 11.8 Å². The van der Waals surface area contributed by atoms with E-state index in [0.29, 0.717) is 6.61 Å². The number of nitrogens with zero attached hydrogens (tertiary/aromatic N) is 1. The molecule has 0 atom stereocenters. The lowest BCUT2D eigenvalue weighted by molar-refractivity contribution is 0.0517. The summed E-state index contributed by atoms with van der Waals surface area (Å²) >= 11 is 12.9. The molecule has 7 heteroatoms. The summed E-state index contributed by atoms with van der Waals surface area (Å²) in [7, 11) is 0. The molecule has 0 aliphatic rings. The van der Waals surface area contributed by atoms with Crippen molar-refractivity contribution in [1.29, 1.82) is 0 Å². The molecule has 0 aliphatic carbocycles. The predicted molar refractivity (Wildman–Crippen MR) is 61.9 cm³/mol. The predicted octanol–water partition coefficient (Wildman–Crippen LogP) is 2.63. The Kier molecular flexibility index (Phi) is 5.28. The van der Waals surface area contributed by atoms with Gasteiger partial charge in [0.15, 0.2) is 5.15 Å². The van der Waals surface area contributed by atoms with Gasteiger partial charge in [-0.2, -0.15) is 11.8 Å². The maximum absolute atomic E-state index is 11.3. The second-order valence-electron chi connectivity index (χ2n) is 2.52. The van der Waals surface area contributed by atoms with Gasteiger partial charge in [0.05, 0.1) is 0 Å². The van der Waals surface area contributed by atoms with Crippen LogP contribution in [0.4, 0.5) is 0 Å². The fourth-order valence-corrected chi connectivity index (χ4v) is 1.59. The Bertz CT molecular complexity index is 324. The Balaban J connectivity index is 2.40. The first-order chi connectivity index (χ1) is 7.15. The van der Waals surface area contributed by atoms with E-state index < -0.39 is 5.97 Å². The number of carbonyl (C=O) groups is 1. The van der Waals surface area contributed by atoms with Crippen molar-refractivity contribution < 1.29 is 9.53 Å². The van der Waals surface area contributed by atoms with Gasteiger partial charge in [-0.05, 0) is 5.75 Å². The van der Waals surface area contributed by atoms with Gasteiger partial charge in [0, 0.05) is 5.75 Å². The quantitative estimate of drug-likeness (QED) is 0.659. The molecule has 0 aromatic carbocycles. The van der Waals surface area contributed by atoms with Crippen molar-refractivity contribution in [2.45, 2.75) is 6.92 Å². The number of esters is 1. The van der Waals surface area contributed by atoms with Crippen molar-refractivity contribution in [2.75, 3.05) is 18.1 Å². The van der Waals surface area contributed by atoms with Gasteiger partial charge in [-0.15, -0.1) is 0 Å². The van der Waals surface area contributed by atoms with Crippen LogP contribution in [0.15, 0.2) is 0 Å². The smallest absolute Gasteiger partial charge is 0.374 e. The average Bonchev–Trinajstić information content (AvgIpc) is 2.54. The molecule has 0 bridgehead atoms. The molecular formula is C8H10Cl2N2O2S. The Hall–Kier alpha value is -0.390. The van der Waals surface area contributed by atoms with E-state index in [1.54, 1.807) is 11.8 Å². The van der Waals surface area contributed by atoms with Crippen LogP contribution in [0.5, 0.6) is 0 Å². The Morgan fingerprint density at radius 3 is 2.87 bits per heavy atom. The van der Waals surface area contributed by atoms with Crippen LogP contribution in [0.2, 0.25) is 10.3 Å². The monoisotopic (exact) mass is 268 g/mol. The minimum atomic E-state index is -0.541. The molecule has 0 aliphatic heterocycles. The summed E-state index contributed by atoms with van der Waals surface area (Å²) in [6.07, 6.45) is 0. The second-order valence-corrected chi connectivity index (χ2v) is 4.65. The first-order valence-electron chi connectivity index (χ1n) is 4.31. The Morgan fingerprint density at radius 2 is 2.33 bits per heavy atom. The third-order valence-electron chi connectivity index (χ3n) is 1.48. The molecule has 0 amide bonds. The largest absolute Gasteiger partial charge is 0.459 e. The van der Waals surface area contributed by atoms with Gasteiger partial charge in [0.2, 0.25) is 5.82 Å². The molecule has 1 N–H and O–H groups in total. The van der Waals surface area contributed by atoms with Crippen molar-refractivity contribution in [2.24, 2.45) is 0 Å². The SMILES string of the molecule is CCSCCOC(=O)c1nc(Cl)c(Cl)[nH]1. The van der Waals surface area contributed by atoms with E-state index >= 15 is 0 Å². The van der Waals surface area contributed by atoms with Crippen LogP contribution >= 0.6 is 35.0 Å². The number of hydrogen-bond acceptors (Lipinski definition) is 4. The van der Waals surface area contributed by atoms with Gasteiger partial charge in [0.25, 0.3) is 0 Å². The summed E-state index contributed by atoms with van der Waals surface area (Å²) in [5, 5.41) is 0.220. The van der Waals surface area contributed by atoms with Crippen molar-refractivity contribution in [3.05, 3.63) is 16.1 Å². The lowest BCUT2D eigenvalue weighted by atomic mass is 10.6. The molecule has 0 spiro atoms. The van der Waals surface area contributed by atoms with E-state index in [-0.39, 0.29) is 16.1 Å². The van der Waals surface area contributed by atoms with Gasteiger partial charge in [-0.25, -0.2) is 9.78 Å². The topological polar surface area (TPSA) is 55.0 Å². The van der Waals surface area contributed by atoms with E-state index in [2.05, 4.69) is 9.97 Å². The maximum atomic E-state index is 11.3. The van der Waals surface area contributed by atoms with Gasteiger partial charge in [-0.1, -0.05) is 30.1 Å². The van der Waals surface area contributed by atoms with Crippen molar-refractivity contribution in [1.82, 2.24) is 9.97 Å². The van der Waals surface area contributed by atoms with Gasteiger partial charge >= 0.3 is 5.97 Å². The summed E-state index contributed by atoms with van der Waals surface area (Å²) in [5.74, 6) is 1.26. The molecule has 84 valence electrons. The third kappa shape index (κ3) is 3.93. The molecule has 0 fully saturated rings. The summed E-state index contributed by atoms with van der Waals surface area (Å²) in [6, 6.07) is 0. The minimum Gasteiger partial charge on any atom is -0.459 e. The first-order valence-corrected chi connectivity index (χ1v) is 6.22. The number of carbonyl (C=O) groups excluding carboxylic acids is 1. The normalized spacial score (nSPS) is 10.3. The van der Waals surface area contributed by atoms with E-state index in [4.69, 9.17) is 27.9 Å². The number of H-pyrrole nitrogens is 1. The Labute approximate surface area is 102 Å². The lowest BCUT2D eigenvalue weighted by Crippen LogP contribution is -2.09. The molecule has 0 radical (unpaired) electrons. The molecule has 1 rings (SSSR count). The van der Waals surface area contributed by atoms with Crippen LogP contribution in [0.25, 0.3) is 0 Å². The molecule has 0 unspecified atom stereocenters. The first kappa shape index (κ1) is 12.7. The van der Waals surface area contributed by atoms with Crippen LogP contribution in [0, 0.1) is 0 Å². The second kappa shape index (κ2) is 6.25. The van der Waals surface area contributed by atoms with Crippen molar-refractivity contribution in [3.8, 4) is 0 Å². The zero-order valence-corrected chi connectivity index (χ0v) is 10.4. The van der Waals surface area contributed by atoms with Crippen LogP contribution in [0.1, 0.15) is 17.5 Å². The van der Waals surface area contributed by atoms with Crippen LogP contribution in [-0.4, -0.2) is 34.0 Å². The number of ether oxygens (including phenoxy) is 1. The molecular weight excluding hydrogens is 259 g/mol. The number of aromatic amines is 1. The molecule has 0 saturated heterocycles. The summed E-state index contributed by atoms with van der Waals surface area (Å²) in [6.45, 7) is 2.39. The Morgan fingerprint density at radius 1 is 1.60 bits per heavy atom. The number of halogens is 2. The van der Waals surface area contributed by atoms with E-state index in [1.165, 1.54) is 0 Å². The summed E-state index contributed by atoms with van der Waals surface area (Å²) in [4.78, 5) is 17.6. The number of aromatic nitrogens is 2. The maximum Gasteiger partial charge on any atom is 0.374 e. The highest BCUT2D eigenvalue weighted by Gasteiger charge is 2.14. The van der Waals surface area contributed by atoms with Gasteiger partial charge < -0.3 is 9.72 Å². The van der Waals surface area contributed by atoms with E-state index in [1.807, 2.05) is 6.92 Å². The fraction of sp³-hybridized carbons (Fsp3) is 0.500. The van der Waals surface area contributed by atoms with Crippen molar-refractivity contribution in [3.63, 3.8) is 0 Å². The van der Waals surface area contributed by atoms with Crippen LogP contribution < -0.4 is 0 Å². The fourth-order valence-electron chi connectivity index (χ4n) is 0.833. The minimum absolute atomic E-state index is 0.0338. The summed E-state index contributed by atoms with van der Waals surface area (Å²) < 4.78 is 4.93. The molecule has 15 heavy (non-hydrogen) atoms. The molecule has 1 aromatic rings. The highest BCUT2D eigenvalue weighted by atomic mass is 35.5. The number of hydrogen-bond donors (Lipinski definition) is 1. The van der Waals surface area contributed by atoms with E-state index in [0.717, 1.165) is 11.5 Å². The molecule has 1 aromatic heterocycles. The van der Waals surface area contributed by atoms with Crippen LogP contribution in [0.3, 0.4) is 0 Å². The zero-order chi connectivity index (χ0) is 11.3. The number of rotatable bonds is 5. The summed E-state index contributed by atoms with van der Waals surface area (Å²) in [5.41, 5.74) is 0. The average molecular weight is 269 g/mol. The number of nitrogens with one attached hydrogen (secondary N) is 1. The number of thioether (sulfide) groups is 1. The molecule has 0 saturated carbocycles. The highest BCUT2D eigenvalue weighted by molar-refractivity contribution is 7.99. The molecule has 4 nitrogen and oxygen atoms in total.